The van der Waals surface area contributed by atoms with Crippen molar-refractivity contribution in [2.75, 3.05) is 13.1 Å². The van der Waals surface area contributed by atoms with Crippen LogP contribution in [-0.4, -0.2) is 29.0 Å². The molecule has 96 valence electrons. The van der Waals surface area contributed by atoms with Crippen molar-refractivity contribution >= 4 is 11.3 Å². The average molecular weight is 253 g/mol. The molecule has 1 atom stereocenters. The molecule has 2 heterocycles. The molecule has 0 aromatic carbocycles. The molecular formula is C13H23N3S. The van der Waals surface area contributed by atoms with Gasteiger partial charge in [-0.15, -0.1) is 11.3 Å². The lowest BCUT2D eigenvalue weighted by Gasteiger charge is -2.42. The SMILES string of the molecule is CCc1ncc(CN2CCC(N)C(C)(C)C2)s1. The van der Waals surface area contributed by atoms with E-state index in [4.69, 9.17) is 5.73 Å². The quantitative estimate of drug-likeness (QED) is 0.898. The smallest absolute Gasteiger partial charge is 0.0925 e. The summed E-state index contributed by atoms with van der Waals surface area (Å²) in [7, 11) is 0. The van der Waals surface area contributed by atoms with E-state index in [-0.39, 0.29) is 5.41 Å². The van der Waals surface area contributed by atoms with Crippen LogP contribution in [0.3, 0.4) is 0 Å². The van der Waals surface area contributed by atoms with Crippen molar-refractivity contribution in [2.45, 2.75) is 46.2 Å². The summed E-state index contributed by atoms with van der Waals surface area (Å²) in [5.74, 6) is 0. The summed E-state index contributed by atoms with van der Waals surface area (Å²) in [6, 6.07) is 0.339. The van der Waals surface area contributed by atoms with E-state index in [9.17, 15) is 0 Å². The van der Waals surface area contributed by atoms with Crippen molar-refractivity contribution in [1.29, 1.82) is 0 Å². The fraction of sp³-hybridized carbons (Fsp3) is 0.769. The van der Waals surface area contributed by atoms with E-state index < -0.39 is 0 Å². The van der Waals surface area contributed by atoms with Crippen molar-refractivity contribution in [1.82, 2.24) is 9.88 Å². The van der Waals surface area contributed by atoms with Crippen LogP contribution in [0.4, 0.5) is 0 Å². The Kier molecular flexibility index (Phi) is 3.85. The molecule has 0 radical (unpaired) electrons. The van der Waals surface area contributed by atoms with Crippen LogP contribution < -0.4 is 5.73 Å². The number of hydrogen-bond donors (Lipinski definition) is 1. The highest BCUT2D eigenvalue weighted by Gasteiger charge is 2.33. The Morgan fingerprint density at radius 3 is 2.94 bits per heavy atom. The Balaban J connectivity index is 1.96. The second kappa shape index (κ2) is 5.04. The Hall–Kier alpha value is -0.450. The van der Waals surface area contributed by atoms with Crippen LogP contribution >= 0.6 is 11.3 Å². The van der Waals surface area contributed by atoms with Crippen LogP contribution in [0.25, 0.3) is 0 Å². The summed E-state index contributed by atoms with van der Waals surface area (Å²) in [6.07, 6.45) is 4.18. The molecule has 0 saturated carbocycles. The van der Waals surface area contributed by atoms with Gasteiger partial charge >= 0.3 is 0 Å². The van der Waals surface area contributed by atoms with Crippen molar-refractivity contribution in [3.63, 3.8) is 0 Å². The zero-order valence-corrected chi connectivity index (χ0v) is 11.9. The number of nitrogens with two attached hydrogens (primary N) is 1. The van der Waals surface area contributed by atoms with Gasteiger partial charge in [-0.05, 0) is 18.3 Å². The molecule has 1 unspecified atom stereocenters. The standard InChI is InChI=1S/C13H23N3S/c1-4-12-15-7-10(17-12)8-16-6-5-11(14)13(2,3)9-16/h7,11H,4-6,8-9,14H2,1-3H3. The maximum Gasteiger partial charge on any atom is 0.0925 e. The van der Waals surface area contributed by atoms with Gasteiger partial charge in [0.25, 0.3) is 0 Å². The summed E-state index contributed by atoms with van der Waals surface area (Å²) < 4.78 is 0. The van der Waals surface area contributed by atoms with Crippen molar-refractivity contribution in [2.24, 2.45) is 11.1 Å². The first-order valence-corrected chi connectivity index (χ1v) is 7.24. The molecule has 1 aromatic heterocycles. The molecule has 1 aromatic rings. The van der Waals surface area contributed by atoms with Gasteiger partial charge in [0, 0.05) is 36.8 Å². The van der Waals surface area contributed by atoms with Crippen LogP contribution in [0.15, 0.2) is 6.20 Å². The average Bonchev–Trinajstić information content (AvgIpc) is 2.71. The van der Waals surface area contributed by atoms with E-state index in [0.717, 1.165) is 32.5 Å². The molecule has 0 spiro atoms. The minimum absolute atomic E-state index is 0.233. The number of likely N-dealkylation sites (tertiary alicyclic amines) is 1. The number of hydrogen-bond acceptors (Lipinski definition) is 4. The van der Waals surface area contributed by atoms with Crippen molar-refractivity contribution in [3.8, 4) is 0 Å². The first kappa shape index (κ1) is 13.0. The third-order valence-corrected chi connectivity index (χ3v) is 4.80. The van der Waals surface area contributed by atoms with Gasteiger partial charge in [-0.25, -0.2) is 4.98 Å². The molecule has 0 amide bonds. The lowest BCUT2D eigenvalue weighted by molar-refractivity contribution is 0.0906. The molecule has 2 rings (SSSR count). The molecule has 1 fully saturated rings. The van der Waals surface area contributed by atoms with E-state index in [0.29, 0.717) is 6.04 Å². The molecule has 0 aliphatic carbocycles. The van der Waals surface area contributed by atoms with Crippen LogP contribution in [0.5, 0.6) is 0 Å². The van der Waals surface area contributed by atoms with Gasteiger partial charge in [-0.3, -0.25) is 4.90 Å². The Morgan fingerprint density at radius 2 is 2.35 bits per heavy atom. The fourth-order valence-electron chi connectivity index (χ4n) is 2.42. The molecule has 1 aliphatic rings. The van der Waals surface area contributed by atoms with Crippen LogP contribution in [0.1, 0.15) is 37.1 Å². The van der Waals surface area contributed by atoms with E-state index >= 15 is 0 Å². The molecule has 17 heavy (non-hydrogen) atoms. The Bertz CT molecular complexity index is 372. The van der Waals surface area contributed by atoms with E-state index in [1.165, 1.54) is 9.88 Å². The third-order valence-electron chi connectivity index (χ3n) is 3.67. The molecule has 0 bridgehead atoms. The van der Waals surface area contributed by atoms with Crippen molar-refractivity contribution < 1.29 is 0 Å². The maximum atomic E-state index is 6.16. The maximum absolute atomic E-state index is 6.16. The zero-order chi connectivity index (χ0) is 12.5. The Morgan fingerprint density at radius 1 is 1.59 bits per heavy atom. The lowest BCUT2D eigenvalue weighted by atomic mass is 9.80. The Labute approximate surface area is 108 Å². The molecule has 2 N–H and O–H groups in total. The summed E-state index contributed by atoms with van der Waals surface area (Å²) >= 11 is 1.84. The second-order valence-electron chi connectivity index (χ2n) is 5.67. The zero-order valence-electron chi connectivity index (χ0n) is 11.1. The number of aromatic nitrogens is 1. The highest BCUT2D eigenvalue weighted by atomic mass is 32.1. The lowest BCUT2D eigenvalue weighted by Crippen LogP contribution is -2.51. The van der Waals surface area contributed by atoms with Gasteiger partial charge in [0.05, 0.1) is 5.01 Å². The van der Waals surface area contributed by atoms with Gasteiger partial charge in [-0.1, -0.05) is 20.8 Å². The summed E-state index contributed by atoms with van der Waals surface area (Å²) in [4.78, 5) is 8.31. The predicted molar refractivity (Wildman–Crippen MR) is 73.1 cm³/mol. The van der Waals surface area contributed by atoms with E-state index in [1.54, 1.807) is 0 Å². The first-order valence-electron chi connectivity index (χ1n) is 6.43. The normalized spacial score (nSPS) is 25.1. The number of rotatable bonds is 3. The minimum Gasteiger partial charge on any atom is -0.327 e. The van der Waals surface area contributed by atoms with E-state index in [2.05, 4.69) is 30.7 Å². The summed E-state index contributed by atoms with van der Waals surface area (Å²) in [5.41, 5.74) is 6.39. The topological polar surface area (TPSA) is 42.2 Å². The molecule has 3 nitrogen and oxygen atoms in total. The van der Waals surface area contributed by atoms with Crippen LogP contribution in [0.2, 0.25) is 0 Å². The predicted octanol–water partition coefficient (Wildman–Crippen LogP) is 2.26. The monoisotopic (exact) mass is 253 g/mol. The molecular weight excluding hydrogens is 230 g/mol. The first-order chi connectivity index (χ1) is 8.01. The summed E-state index contributed by atoms with van der Waals surface area (Å²) in [5, 5.41) is 1.24. The second-order valence-corrected chi connectivity index (χ2v) is 6.87. The van der Waals surface area contributed by atoms with Gasteiger partial charge in [0.1, 0.15) is 0 Å². The van der Waals surface area contributed by atoms with Gasteiger partial charge < -0.3 is 5.73 Å². The van der Waals surface area contributed by atoms with Gasteiger partial charge in [0.15, 0.2) is 0 Å². The number of thiazole rings is 1. The summed E-state index contributed by atoms with van der Waals surface area (Å²) in [6.45, 7) is 9.94. The number of piperidine rings is 1. The minimum atomic E-state index is 0.233. The van der Waals surface area contributed by atoms with Crippen LogP contribution in [0, 0.1) is 5.41 Å². The van der Waals surface area contributed by atoms with Gasteiger partial charge in [0.2, 0.25) is 0 Å². The molecule has 4 heteroatoms. The highest BCUT2D eigenvalue weighted by molar-refractivity contribution is 7.11. The number of nitrogens with zero attached hydrogens (tertiary/aromatic N) is 2. The molecule has 1 saturated heterocycles. The highest BCUT2D eigenvalue weighted by Crippen LogP contribution is 2.29. The largest absolute Gasteiger partial charge is 0.327 e. The number of aryl methyl sites for hydroxylation is 1. The third kappa shape index (κ3) is 3.06. The van der Waals surface area contributed by atoms with E-state index in [1.807, 2.05) is 17.5 Å². The van der Waals surface area contributed by atoms with Crippen molar-refractivity contribution in [3.05, 3.63) is 16.1 Å². The molecule has 1 aliphatic heterocycles. The van der Waals surface area contributed by atoms with Crippen LogP contribution in [-0.2, 0) is 13.0 Å². The fourth-order valence-corrected chi connectivity index (χ4v) is 3.33. The van der Waals surface area contributed by atoms with Gasteiger partial charge in [-0.2, -0.15) is 0 Å².